The van der Waals surface area contributed by atoms with Crippen LogP contribution >= 0.6 is 35.0 Å². The maximum absolute atomic E-state index is 12.9. The third-order valence-electron chi connectivity index (χ3n) is 3.47. The molecule has 0 aliphatic rings. The first kappa shape index (κ1) is 20.6. The molecular weight excluding hydrogens is 398 g/mol. The van der Waals surface area contributed by atoms with Gasteiger partial charge in [-0.2, -0.15) is 0 Å². The Morgan fingerprint density at radius 3 is 2.31 bits per heavy atom. The van der Waals surface area contributed by atoms with Crippen LogP contribution in [-0.2, 0) is 9.59 Å². The molecular formula is C18H17Cl2FN2O2S. The minimum absolute atomic E-state index is 0.110. The molecule has 26 heavy (non-hydrogen) atoms. The fourth-order valence-electron chi connectivity index (χ4n) is 2.11. The smallest absolute Gasteiger partial charge is 0.244 e. The molecule has 0 fully saturated rings. The minimum atomic E-state index is -0.387. The highest BCUT2D eigenvalue weighted by Crippen LogP contribution is 2.29. The number of hydrogen-bond acceptors (Lipinski definition) is 3. The summed E-state index contributed by atoms with van der Waals surface area (Å²) in [6.45, 7) is 2.06. The Morgan fingerprint density at radius 2 is 1.73 bits per heavy atom. The summed E-state index contributed by atoms with van der Waals surface area (Å²) < 4.78 is 12.9. The Balaban J connectivity index is 1.91. The third-order valence-corrected chi connectivity index (χ3v) is 5.10. The lowest BCUT2D eigenvalue weighted by Crippen LogP contribution is -2.38. The molecule has 138 valence electrons. The number of carbonyl (C=O) groups excluding carboxylic acids is 2. The predicted molar refractivity (Wildman–Crippen MR) is 104 cm³/mol. The highest BCUT2D eigenvalue weighted by Gasteiger charge is 2.17. The van der Waals surface area contributed by atoms with Crippen LogP contribution in [0, 0.1) is 5.82 Å². The van der Waals surface area contributed by atoms with E-state index in [9.17, 15) is 14.0 Å². The molecule has 2 rings (SSSR count). The Bertz CT molecular complexity index is 767. The Hall–Kier alpha value is -1.76. The molecule has 0 atom stereocenters. The van der Waals surface area contributed by atoms with E-state index in [1.54, 1.807) is 37.3 Å². The van der Waals surface area contributed by atoms with Crippen molar-refractivity contribution >= 4 is 52.5 Å². The Labute approximate surface area is 165 Å². The second-order valence-corrected chi connectivity index (χ2v) is 7.16. The molecule has 0 saturated heterocycles. The van der Waals surface area contributed by atoms with E-state index in [0.717, 1.165) is 4.90 Å². The fourth-order valence-corrected chi connectivity index (χ4v) is 3.41. The van der Waals surface area contributed by atoms with Crippen LogP contribution in [0.1, 0.15) is 6.92 Å². The largest absolute Gasteiger partial charge is 0.333 e. The van der Waals surface area contributed by atoms with Crippen molar-refractivity contribution < 1.29 is 14.0 Å². The minimum Gasteiger partial charge on any atom is -0.333 e. The van der Waals surface area contributed by atoms with Crippen molar-refractivity contribution in [3.05, 3.63) is 58.3 Å². The van der Waals surface area contributed by atoms with Gasteiger partial charge in [-0.15, -0.1) is 11.8 Å². The quantitative estimate of drug-likeness (QED) is 0.667. The van der Waals surface area contributed by atoms with Gasteiger partial charge in [0.2, 0.25) is 11.8 Å². The molecule has 0 bridgehead atoms. The lowest BCUT2D eigenvalue weighted by Gasteiger charge is -2.20. The van der Waals surface area contributed by atoms with Crippen molar-refractivity contribution in [3.8, 4) is 0 Å². The van der Waals surface area contributed by atoms with Gasteiger partial charge in [0.05, 0.1) is 28.0 Å². The van der Waals surface area contributed by atoms with Crippen molar-refractivity contribution in [1.29, 1.82) is 0 Å². The third kappa shape index (κ3) is 5.90. The number of hydrogen-bond donors (Lipinski definition) is 1. The zero-order chi connectivity index (χ0) is 19.1. The van der Waals surface area contributed by atoms with Gasteiger partial charge in [-0.1, -0.05) is 29.3 Å². The number of benzene rings is 2. The molecule has 0 aromatic heterocycles. The molecule has 0 spiro atoms. The van der Waals surface area contributed by atoms with Gasteiger partial charge in [-0.25, -0.2) is 4.39 Å². The topological polar surface area (TPSA) is 49.4 Å². The Kier molecular flexibility index (Phi) is 7.75. The highest BCUT2D eigenvalue weighted by atomic mass is 35.5. The molecule has 8 heteroatoms. The van der Waals surface area contributed by atoms with Crippen molar-refractivity contribution in [2.45, 2.75) is 11.8 Å². The van der Waals surface area contributed by atoms with Crippen LogP contribution in [0.25, 0.3) is 0 Å². The molecule has 0 aliphatic carbocycles. The van der Waals surface area contributed by atoms with Gasteiger partial charge >= 0.3 is 0 Å². The van der Waals surface area contributed by atoms with Crippen LogP contribution in [0.2, 0.25) is 10.0 Å². The number of halogens is 3. The number of carbonyl (C=O) groups is 2. The van der Waals surface area contributed by atoms with Crippen molar-refractivity contribution in [2.75, 3.05) is 24.2 Å². The number of likely N-dealkylation sites (N-methyl/N-ethyl adjacent to an activating group) is 1. The normalized spacial score (nSPS) is 10.5. The molecule has 0 saturated carbocycles. The predicted octanol–water partition coefficient (Wildman–Crippen LogP) is 4.71. The van der Waals surface area contributed by atoms with E-state index in [1.165, 1.54) is 28.8 Å². The summed E-state index contributed by atoms with van der Waals surface area (Å²) >= 11 is 13.3. The van der Waals surface area contributed by atoms with Crippen molar-refractivity contribution in [1.82, 2.24) is 4.90 Å². The second kappa shape index (κ2) is 9.80. The lowest BCUT2D eigenvalue weighted by atomic mass is 10.3. The van der Waals surface area contributed by atoms with Gasteiger partial charge in [-0.05, 0) is 43.3 Å². The maximum Gasteiger partial charge on any atom is 0.244 e. The van der Waals surface area contributed by atoms with Gasteiger partial charge in [0, 0.05) is 11.4 Å². The number of nitrogens with one attached hydrogen (secondary N) is 1. The summed E-state index contributed by atoms with van der Waals surface area (Å²) in [4.78, 5) is 26.8. The van der Waals surface area contributed by atoms with Crippen LogP contribution in [0.15, 0.2) is 47.4 Å². The van der Waals surface area contributed by atoms with Gasteiger partial charge < -0.3 is 10.2 Å². The van der Waals surface area contributed by atoms with E-state index in [1.807, 2.05) is 0 Å². The zero-order valence-electron chi connectivity index (χ0n) is 14.0. The average molecular weight is 415 g/mol. The van der Waals surface area contributed by atoms with Gasteiger partial charge in [-0.3, -0.25) is 9.59 Å². The molecule has 0 radical (unpaired) electrons. The van der Waals surface area contributed by atoms with E-state index < -0.39 is 0 Å². The number of para-hydroxylation sites is 1. The van der Waals surface area contributed by atoms with E-state index in [4.69, 9.17) is 23.2 Å². The first-order chi connectivity index (χ1) is 12.4. The van der Waals surface area contributed by atoms with Crippen LogP contribution in [-0.4, -0.2) is 35.6 Å². The summed E-state index contributed by atoms with van der Waals surface area (Å²) in [6, 6.07) is 10.8. The molecule has 2 aromatic rings. The Morgan fingerprint density at radius 1 is 1.12 bits per heavy atom. The van der Waals surface area contributed by atoms with Crippen LogP contribution in [0.4, 0.5) is 10.1 Å². The van der Waals surface area contributed by atoms with Gasteiger partial charge in [0.15, 0.2) is 0 Å². The summed E-state index contributed by atoms with van der Waals surface area (Å²) in [6.07, 6.45) is 0. The molecule has 4 nitrogen and oxygen atoms in total. The number of anilines is 1. The lowest BCUT2D eigenvalue weighted by molar-refractivity contribution is -0.132. The van der Waals surface area contributed by atoms with Crippen molar-refractivity contribution in [3.63, 3.8) is 0 Å². The van der Waals surface area contributed by atoms with Gasteiger partial charge in [0.25, 0.3) is 0 Å². The highest BCUT2D eigenvalue weighted by molar-refractivity contribution is 8.00. The van der Waals surface area contributed by atoms with Crippen LogP contribution < -0.4 is 5.32 Å². The zero-order valence-corrected chi connectivity index (χ0v) is 16.3. The van der Waals surface area contributed by atoms with Crippen LogP contribution in [0.5, 0.6) is 0 Å². The average Bonchev–Trinajstić information content (AvgIpc) is 2.62. The second-order valence-electron chi connectivity index (χ2n) is 5.30. The first-order valence-corrected chi connectivity index (χ1v) is 9.55. The number of rotatable bonds is 7. The van der Waals surface area contributed by atoms with E-state index in [2.05, 4.69) is 5.32 Å². The van der Waals surface area contributed by atoms with Gasteiger partial charge in [0.1, 0.15) is 5.82 Å². The molecule has 2 amide bonds. The SMILES string of the molecule is CCN(CC(=O)Nc1c(Cl)cccc1Cl)C(=O)CSc1ccc(F)cc1. The molecule has 0 heterocycles. The van der Waals surface area contributed by atoms with Crippen LogP contribution in [0.3, 0.4) is 0 Å². The molecule has 2 aromatic carbocycles. The molecule has 0 unspecified atom stereocenters. The summed E-state index contributed by atoms with van der Waals surface area (Å²) in [5.74, 6) is -0.755. The summed E-state index contributed by atoms with van der Waals surface area (Å²) in [5, 5.41) is 3.29. The standard InChI is InChI=1S/C18H17Cl2FN2O2S/c1-2-23(17(25)11-26-13-8-6-12(21)7-9-13)10-16(24)22-18-14(19)4-3-5-15(18)20/h3-9H,2,10-11H2,1H3,(H,22,24). The fraction of sp³-hybridized carbons (Fsp3) is 0.222. The molecule has 0 aliphatic heterocycles. The van der Waals surface area contributed by atoms with Crippen molar-refractivity contribution in [2.24, 2.45) is 0 Å². The number of amides is 2. The first-order valence-electron chi connectivity index (χ1n) is 7.80. The number of thioether (sulfide) groups is 1. The van der Waals surface area contributed by atoms with E-state index in [-0.39, 0.29) is 29.9 Å². The van der Waals surface area contributed by atoms with E-state index >= 15 is 0 Å². The number of nitrogens with zero attached hydrogens (tertiary/aromatic N) is 1. The molecule has 1 N–H and O–H groups in total. The maximum atomic E-state index is 12.9. The summed E-state index contributed by atoms with van der Waals surface area (Å²) in [7, 11) is 0. The monoisotopic (exact) mass is 414 g/mol. The van der Waals surface area contributed by atoms with E-state index in [0.29, 0.717) is 22.3 Å². The summed E-state index contributed by atoms with van der Waals surface area (Å²) in [5.41, 5.74) is 0.324.